The summed E-state index contributed by atoms with van der Waals surface area (Å²) in [6.07, 6.45) is 6.08. The molecule has 0 bridgehead atoms. The second-order valence-corrected chi connectivity index (χ2v) is 15.6. The van der Waals surface area contributed by atoms with Crippen LogP contribution in [0.1, 0.15) is 64.4 Å². The second-order valence-electron chi connectivity index (χ2n) is 12.9. The fourth-order valence-corrected chi connectivity index (χ4v) is 7.02. The van der Waals surface area contributed by atoms with Crippen LogP contribution in [0, 0.1) is 45.9 Å². The molecule has 2 unspecified atom stereocenters. The number of aliphatic carboxylic acids is 5. The number of ether oxygens (including phenoxy) is 1. The second kappa shape index (κ2) is 25.6. The Morgan fingerprint density at radius 1 is 0.691 bits per heavy atom. The number of rotatable bonds is 30. The van der Waals surface area contributed by atoms with Crippen molar-refractivity contribution in [3.8, 4) is 5.75 Å². The Labute approximate surface area is 352 Å². The molecule has 0 spiro atoms. The van der Waals surface area contributed by atoms with Crippen LogP contribution in [-0.2, 0) is 50.6 Å². The van der Waals surface area contributed by atoms with Gasteiger partial charge in [-0.1, -0.05) is 58.8 Å². The van der Waals surface area contributed by atoms with Crippen molar-refractivity contribution in [1.29, 1.82) is 0 Å². The third kappa shape index (κ3) is 22.1. The van der Waals surface area contributed by atoms with Crippen LogP contribution in [0.4, 0.5) is 0 Å². The first-order valence-corrected chi connectivity index (χ1v) is 19.7. The van der Waals surface area contributed by atoms with E-state index in [0.717, 1.165) is 54.4 Å². The first kappa shape index (κ1) is 52.4. The number of carbonyl (C=O) groups is 5. The number of nitrogens with zero attached hydrogens (tertiary/aromatic N) is 3. The van der Waals surface area contributed by atoms with Gasteiger partial charge in [0.2, 0.25) is 0 Å². The third-order valence-electron chi connectivity index (χ3n) is 8.14. The van der Waals surface area contributed by atoms with Crippen molar-refractivity contribution in [2.75, 3.05) is 59.0 Å². The minimum absolute atomic E-state index is 0. The number of hydrogen-bond acceptors (Lipinski definition) is 20. The van der Waals surface area contributed by atoms with Crippen LogP contribution in [0.2, 0.25) is 0 Å². The summed E-state index contributed by atoms with van der Waals surface area (Å²) < 4.78 is 79.1. The predicted octanol–water partition coefficient (Wildman–Crippen LogP) is -6.17. The average Bonchev–Trinajstić information content (AvgIpc) is 3.00. The summed E-state index contributed by atoms with van der Waals surface area (Å²) in [5.41, 5.74) is -0.211. The largest absolute Gasteiger partial charge is 3.00 e. The molecule has 0 aliphatic heterocycles. The van der Waals surface area contributed by atoms with E-state index in [9.17, 15) is 75.4 Å². The summed E-state index contributed by atoms with van der Waals surface area (Å²) in [6, 6.07) is -0.428. The van der Waals surface area contributed by atoms with E-state index in [0.29, 0.717) is 17.4 Å². The van der Waals surface area contributed by atoms with Gasteiger partial charge in [0.1, 0.15) is 32.6 Å². The molecule has 55 heavy (non-hydrogen) atoms. The van der Waals surface area contributed by atoms with Crippen LogP contribution in [0.3, 0.4) is 0 Å². The number of hydrogen-bond donors (Lipinski definition) is 0. The Morgan fingerprint density at radius 2 is 1.16 bits per heavy atom. The molecule has 0 amide bonds. The molecule has 0 saturated heterocycles. The van der Waals surface area contributed by atoms with Crippen LogP contribution >= 0.6 is 0 Å². The molecule has 0 aliphatic rings. The Kier molecular flexibility index (Phi) is 24.4. The van der Waals surface area contributed by atoms with E-state index in [-0.39, 0.29) is 57.8 Å². The number of benzene rings is 1. The summed E-state index contributed by atoms with van der Waals surface area (Å²) >= 11 is 0. The molecule has 1 radical (unpaired) electrons. The maximum atomic E-state index is 12.4. The first-order chi connectivity index (χ1) is 25.0. The van der Waals surface area contributed by atoms with Crippen LogP contribution in [0.5, 0.6) is 5.75 Å². The summed E-state index contributed by atoms with van der Waals surface area (Å²) in [5.74, 6) is -9.81. The van der Waals surface area contributed by atoms with E-state index < -0.39 is 131 Å². The van der Waals surface area contributed by atoms with Gasteiger partial charge >= 0.3 is 39.9 Å². The zero-order chi connectivity index (χ0) is 41.2. The number of carboxylic acid groups (broad SMARTS) is 5. The topological polar surface area (TPSA) is 334 Å². The molecule has 1 rings (SSSR count). The van der Waals surface area contributed by atoms with Gasteiger partial charge in [-0.25, -0.2) is 16.8 Å². The standard InChI is InChI=1S/C32H51N3O17S2.Gd/c1-3-4-5-6-7-8-9-22(2)12-23-13-25(53(46,47)48)14-26(54(49,50)51)32(23)52-21-24(35(19-30(42)43)20-31(44)45)15-33(16-27(36)37)10-11-34(17-28(38)39)18-29(40)41;/h13-14,22,24H,3-12,15-21H2,1-2H3,(H,36,37)(H,38,39)(H,40,41)(H,42,43)(H,44,45)(H,46,47,48)(H,49,50,51);/q;+3/p-7. The molecule has 0 aromatic heterocycles. The summed E-state index contributed by atoms with van der Waals surface area (Å²) in [7, 11) is -10.9. The van der Waals surface area contributed by atoms with Gasteiger partial charge < -0.3 is 63.3 Å². The Morgan fingerprint density at radius 3 is 1.64 bits per heavy atom. The third-order valence-corrected chi connectivity index (χ3v) is 9.80. The van der Waals surface area contributed by atoms with Crippen molar-refractivity contribution in [2.24, 2.45) is 5.92 Å². The summed E-state index contributed by atoms with van der Waals surface area (Å²) in [6.45, 7) is -3.81. The number of unbranched alkanes of at least 4 members (excludes halogenated alkanes) is 5. The van der Waals surface area contributed by atoms with E-state index in [1.54, 1.807) is 6.92 Å². The van der Waals surface area contributed by atoms with Crippen molar-refractivity contribution >= 4 is 50.1 Å². The molecule has 0 heterocycles. The quantitative estimate of drug-likeness (QED) is 0.0511. The van der Waals surface area contributed by atoms with Crippen molar-refractivity contribution in [3.05, 3.63) is 17.7 Å². The molecular weight excluding hydrogens is 920 g/mol. The van der Waals surface area contributed by atoms with Gasteiger partial charge in [0.05, 0.1) is 45.7 Å². The molecule has 0 N–H and O–H groups in total. The van der Waals surface area contributed by atoms with Crippen LogP contribution < -0.4 is 30.3 Å². The minimum Gasteiger partial charge on any atom is -0.744 e. The Hall–Kier alpha value is -2.61. The normalized spacial score (nSPS) is 13.0. The molecule has 0 saturated carbocycles. The molecule has 23 heteroatoms. The van der Waals surface area contributed by atoms with Crippen molar-refractivity contribution < 1.29 is 120 Å². The van der Waals surface area contributed by atoms with Gasteiger partial charge in [0, 0.05) is 52.4 Å². The smallest absolute Gasteiger partial charge is 0.744 e. The maximum Gasteiger partial charge on any atom is 3.00 e. The molecule has 1 aromatic carbocycles. The molecule has 313 valence electrons. The average molecular weight is 964 g/mol. The fourth-order valence-electron chi connectivity index (χ4n) is 5.70. The van der Waals surface area contributed by atoms with Gasteiger partial charge in [0.15, 0.2) is 0 Å². The van der Waals surface area contributed by atoms with E-state index in [2.05, 4.69) is 6.92 Å². The van der Waals surface area contributed by atoms with Crippen LogP contribution in [0.15, 0.2) is 21.9 Å². The summed E-state index contributed by atoms with van der Waals surface area (Å²) in [4.78, 5) is 57.3. The van der Waals surface area contributed by atoms with E-state index >= 15 is 0 Å². The Balaban J connectivity index is 0.0000292. The van der Waals surface area contributed by atoms with Crippen molar-refractivity contribution in [2.45, 2.75) is 81.0 Å². The molecule has 0 fully saturated rings. The number of carboxylic acids is 5. The van der Waals surface area contributed by atoms with Crippen LogP contribution in [0.25, 0.3) is 0 Å². The molecule has 1 aromatic rings. The fraction of sp³-hybridized carbons (Fsp3) is 0.656. The predicted molar refractivity (Wildman–Crippen MR) is 172 cm³/mol. The molecule has 0 aliphatic carbocycles. The molecular formula is C32H44GdN3O17S2-4. The Bertz CT molecular complexity index is 1630. The number of carbonyl (C=O) groups excluding carboxylic acids is 5. The van der Waals surface area contributed by atoms with E-state index in [1.165, 1.54) is 0 Å². The van der Waals surface area contributed by atoms with Gasteiger partial charge in [-0.3, -0.25) is 14.7 Å². The minimum atomic E-state index is -5.60. The van der Waals surface area contributed by atoms with Crippen molar-refractivity contribution in [3.63, 3.8) is 0 Å². The van der Waals surface area contributed by atoms with E-state index in [1.807, 2.05) is 0 Å². The summed E-state index contributed by atoms with van der Waals surface area (Å²) in [5, 5.41) is 57.2. The monoisotopic (exact) mass is 964 g/mol. The van der Waals surface area contributed by atoms with Crippen LogP contribution in [-0.4, -0.2) is 135 Å². The molecule has 2 atom stereocenters. The first-order valence-electron chi connectivity index (χ1n) is 16.9. The van der Waals surface area contributed by atoms with E-state index in [4.69, 9.17) is 4.74 Å². The SMILES string of the molecule is CCCCCCCCC(C)Cc1cc(S(=O)(=O)[O-])cc(S(=O)(=O)[O-])c1OCC(CN(CCN(CC(=O)[O-])CC(=O)[O-])CC(=O)[O-])N(CC(=O)[O-])CC(=O)[O-].[Gd+3]. The van der Waals surface area contributed by atoms with Gasteiger partial charge in [0.25, 0.3) is 0 Å². The van der Waals surface area contributed by atoms with Gasteiger partial charge in [-0.05, 0) is 30.0 Å². The zero-order valence-corrected chi connectivity index (χ0v) is 34.2. The zero-order valence-electron chi connectivity index (χ0n) is 30.3. The molecule has 20 nitrogen and oxygen atoms in total. The van der Waals surface area contributed by atoms with Gasteiger partial charge in [-0.2, -0.15) is 0 Å². The maximum absolute atomic E-state index is 12.4. The van der Waals surface area contributed by atoms with Crippen molar-refractivity contribution in [1.82, 2.24) is 14.7 Å². The van der Waals surface area contributed by atoms with Gasteiger partial charge in [-0.15, -0.1) is 0 Å².